The van der Waals surface area contributed by atoms with Crippen LogP contribution >= 0.6 is 0 Å². The predicted molar refractivity (Wildman–Crippen MR) is 66.1 cm³/mol. The van der Waals surface area contributed by atoms with Crippen LogP contribution in [-0.4, -0.2) is 12.5 Å². The molecule has 0 heterocycles. The first-order valence-corrected chi connectivity index (χ1v) is 5.37. The molecular formula is C14H14N2O. The number of hydrogen-bond acceptors (Lipinski definition) is 2. The van der Waals surface area contributed by atoms with E-state index in [9.17, 15) is 4.79 Å². The second-order valence-corrected chi connectivity index (χ2v) is 3.70. The number of carbonyl (C=O) groups excluding carboxylic acids is 1. The number of nitrogens with one attached hydrogen (secondary N) is 1. The van der Waals surface area contributed by atoms with E-state index in [1.807, 2.05) is 19.1 Å². The zero-order valence-corrected chi connectivity index (χ0v) is 10.0. The van der Waals surface area contributed by atoms with Crippen LogP contribution in [-0.2, 0) is 4.79 Å². The lowest BCUT2D eigenvalue weighted by molar-refractivity contribution is -0.118. The van der Waals surface area contributed by atoms with Gasteiger partial charge in [0.25, 0.3) is 0 Å². The summed E-state index contributed by atoms with van der Waals surface area (Å²) in [5.41, 5.74) is 2.41. The Bertz CT molecular complexity index is 515. The summed E-state index contributed by atoms with van der Waals surface area (Å²) < 4.78 is 0. The monoisotopic (exact) mass is 226 g/mol. The van der Waals surface area contributed by atoms with Crippen molar-refractivity contribution in [1.82, 2.24) is 5.32 Å². The predicted octanol–water partition coefficient (Wildman–Crippen LogP) is 1.74. The lowest BCUT2D eigenvalue weighted by Crippen LogP contribution is -2.20. The second-order valence-electron chi connectivity index (χ2n) is 3.70. The molecular weight excluding hydrogens is 212 g/mol. The Labute approximate surface area is 101 Å². The Kier molecular flexibility index (Phi) is 4.78. The number of nitriles is 1. The zero-order chi connectivity index (χ0) is 12.7. The van der Waals surface area contributed by atoms with Gasteiger partial charge in [-0.05, 0) is 24.6 Å². The lowest BCUT2D eigenvalue weighted by Gasteiger charge is -1.97. The first-order chi connectivity index (χ1) is 8.13. The molecule has 3 heteroatoms. The van der Waals surface area contributed by atoms with Crippen LogP contribution in [0.25, 0.3) is 0 Å². The van der Waals surface area contributed by atoms with Gasteiger partial charge in [0.05, 0.1) is 5.56 Å². The molecule has 1 N–H and O–H groups in total. The van der Waals surface area contributed by atoms with Crippen molar-refractivity contribution in [1.29, 1.82) is 5.26 Å². The van der Waals surface area contributed by atoms with E-state index in [1.54, 1.807) is 6.07 Å². The van der Waals surface area contributed by atoms with Crippen molar-refractivity contribution in [3.63, 3.8) is 0 Å². The molecule has 0 aliphatic heterocycles. The minimum atomic E-state index is -0.0555. The van der Waals surface area contributed by atoms with Crippen molar-refractivity contribution in [2.24, 2.45) is 0 Å². The maximum Gasteiger partial charge on any atom is 0.216 e. The Hall–Kier alpha value is -2.26. The van der Waals surface area contributed by atoms with Crippen LogP contribution in [0.2, 0.25) is 0 Å². The highest BCUT2D eigenvalue weighted by atomic mass is 16.1. The largest absolute Gasteiger partial charge is 0.355 e. The summed E-state index contributed by atoms with van der Waals surface area (Å²) in [5.74, 6) is 5.84. The highest BCUT2D eigenvalue weighted by Crippen LogP contribution is 2.09. The summed E-state index contributed by atoms with van der Waals surface area (Å²) in [5, 5.41) is 11.6. The van der Waals surface area contributed by atoms with Crippen LogP contribution in [0.1, 0.15) is 30.0 Å². The summed E-state index contributed by atoms with van der Waals surface area (Å²) in [6.45, 7) is 3.97. The number of hydrogen-bond donors (Lipinski definition) is 1. The fraction of sp³-hybridized carbons (Fsp3) is 0.286. The SMILES string of the molecule is CC(=O)NCCC#Cc1cc(C)ccc1C#N. The number of benzene rings is 1. The highest BCUT2D eigenvalue weighted by molar-refractivity contribution is 5.72. The normalized spacial score (nSPS) is 8.76. The molecule has 0 aromatic heterocycles. The third-order valence-corrected chi connectivity index (χ3v) is 2.14. The van der Waals surface area contributed by atoms with Crippen LogP contribution in [0.4, 0.5) is 0 Å². The Morgan fingerprint density at radius 1 is 1.41 bits per heavy atom. The zero-order valence-electron chi connectivity index (χ0n) is 10.0. The van der Waals surface area contributed by atoms with Crippen molar-refractivity contribution in [3.05, 3.63) is 34.9 Å². The molecule has 1 rings (SSSR count). The molecule has 1 aromatic carbocycles. The molecule has 0 saturated heterocycles. The Balaban J connectivity index is 2.68. The second kappa shape index (κ2) is 6.35. The van der Waals surface area contributed by atoms with E-state index in [0.717, 1.165) is 11.1 Å². The molecule has 0 aliphatic carbocycles. The number of aryl methyl sites for hydroxylation is 1. The summed E-state index contributed by atoms with van der Waals surface area (Å²) in [6.07, 6.45) is 0.582. The Morgan fingerprint density at radius 3 is 2.82 bits per heavy atom. The molecule has 0 aliphatic rings. The van der Waals surface area contributed by atoms with E-state index in [4.69, 9.17) is 5.26 Å². The molecule has 0 spiro atoms. The third-order valence-electron chi connectivity index (χ3n) is 2.14. The van der Waals surface area contributed by atoms with Crippen molar-refractivity contribution >= 4 is 5.91 Å². The van der Waals surface area contributed by atoms with Gasteiger partial charge in [-0.1, -0.05) is 17.9 Å². The molecule has 0 bridgehead atoms. The van der Waals surface area contributed by atoms with Crippen LogP contribution in [0.3, 0.4) is 0 Å². The van der Waals surface area contributed by atoms with Crippen LogP contribution < -0.4 is 5.32 Å². The fourth-order valence-electron chi connectivity index (χ4n) is 1.32. The minimum Gasteiger partial charge on any atom is -0.355 e. The molecule has 17 heavy (non-hydrogen) atoms. The van der Waals surface area contributed by atoms with Crippen molar-refractivity contribution in [3.8, 4) is 17.9 Å². The van der Waals surface area contributed by atoms with Crippen molar-refractivity contribution in [2.75, 3.05) is 6.54 Å². The molecule has 3 nitrogen and oxygen atoms in total. The molecule has 0 unspecified atom stereocenters. The van der Waals surface area contributed by atoms with Gasteiger partial charge in [-0.3, -0.25) is 4.79 Å². The van der Waals surface area contributed by atoms with E-state index in [2.05, 4.69) is 23.2 Å². The first kappa shape index (κ1) is 12.8. The van der Waals surface area contributed by atoms with Gasteiger partial charge in [-0.2, -0.15) is 5.26 Å². The molecule has 1 aromatic rings. The molecule has 0 saturated carbocycles. The van der Waals surface area contributed by atoms with E-state index < -0.39 is 0 Å². The molecule has 1 amide bonds. The maximum absolute atomic E-state index is 10.6. The first-order valence-electron chi connectivity index (χ1n) is 5.37. The van der Waals surface area contributed by atoms with Gasteiger partial charge in [-0.15, -0.1) is 0 Å². The molecule has 86 valence electrons. The fourth-order valence-corrected chi connectivity index (χ4v) is 1.32. The van der Waals surface area contributed by atoms with Gasteiger partial charge in [0.15, 0.2) is 0 Å². The van der Waals surface area contributed by atoms with Crippen molar-refractivity contribution < 1.29 is 4.79 Å². The molecule has 0 radical (unpaired) electrons. The van der Waals surface area contributed by atoms with E-state index in [0.29, 0.717) is 18.5 Å². The Morgan fingerprint density at radius 2 is 2.18 bits per heavy atom. The average molecular weight is 226 g/mol. The van der Waals surface area contributed by atoms with Crippen LogP contribution in [0.5, 0.6) is 0 Å². The molecule has 0 fully saturated rings. The minimum absolute atomic E-state index is 0.0555. The van der Waals surface area contributed by atoms with Gasteiger partial charge in [0, 0.05) is 25.5 Å². The van der Waals surface area contributed by atoms with E-state index >= 15 is 0 Å². The van der Waals surface area contributed by atoms with Crippen LogP contribution in [0.15, 0.2) is 18.2 Å². The van der Waals surface area contributed by atoms with Gasteiger partial charge in [-0.25, -0.2) is 0 Å². The maximum atomic E-state index is 10.6. The molecule has 0 atom stereocenters. The smallest absolute Gasteiger partial charge is 0.216 e. The quantitative estimate of drug-likeness (QED) is 0.617. The third kappa shape index (κ3) is 4.40. The number of rotatable bonds is 2. The van der Waals surface area contributed by atoms with Gasteiger partial charge in [0.2, 0.25) is 5.91 Å². The lowest BCUT2D eigenvalue weighted by atomic mass is 10.1. The standard InChI is InChI=1S/C14H14N2O/c1-11-6-7-14(10-15)13(9-11)5-3-4-8-16-12(2)17/h6-7,9H,4,8H2,1-2H3,(H,16,17). The summed E-state index contributed by atoms with van der Waals surface area (Å²) in [7, 11) is 0. The summed E-state index contributed by atoms with van der Waals surface area (Å²) in [4.78, 5) is 10.6. The average Bonchev–Trinajstić information content (AvgIpc) is 2.28. The van der Waals surface area contributed by atoms with Gasteiger partial charge in [0.1, 0.15) is 6.07 Å². The topological polar surface area (TPSA) is 52.9 Å². The number of nitrogens with zero attached hydrogens (tertiary/aromatic N) is 1. The van der Waals surface area contributed by atoms with E-state index in [1.165, 1.54) is 6.92 Å². The van der Waals surface area contributed by atoms with Crippen LogP contribution in [0, 0.1) is 30.1 Å². The van der Waals surface area contributed by atoms with Gasteiger partial charge < -0.3 is 5.32 Å². The van der Waals surface area contributed by atoms with E-state index in [-0.39, 0.29) is 5.91 Å². The van der Waals surface area contributed by atoms with Crippen molar-refractivity contribution in [2.45, 2.75) is 20.3 Å². The van der Waals surface area contributed by atoms with Gasteiger partial charge >= 0.3 is 0 Å². The number of amides is 1. The summed E-state index contributed by atoms with van der Waals surface area (Å²) >= 11 is 0. The summed E-state index contributed by atoms with van der Waals surface area (Å²) in [6, 6.07) is 7.66. The number of carbonyl (C=O) groups is 1. The highest BCUT2D eigenvalue weighted by Gasteiger charge is 1.98.